The summed E-state index contributed by atoms with van der Waals surface area (Å²) in [4.78, 5) is 49.7. The molecule has 0 saturated carbocycles. The maximum Gasteiger partial charge on any atom is 0.286 e. The van der Waals surface area contributed by atoms with Gasteiger partial charge in [-0.25, -0.2) is 0 Å². The van der Waals surface area contributed by atoms with Gasteiger partial charge in [0.25, 0.3) is 17.2 Å². The van der Waals surface area contributed by atoms with Crippen molar-refractivity contribution in [3.8, 4) is 0 Å². The van der Waals surface area contributed by atoms with Gasteiger partial charge in [-0.15, -0.1) is 0 Å². The van der Waals surface area contributed by atoms with E-state index in [2.05, 4.69) is 10.3 Å². The number of H-pyrrole nitrogens is 1. The number of nitrogens with zero attached hydrogens (tertiary/aromatic N) is 2. The number of nitro groups is 1. The summed E-state index contributed by atoms with van der Waals surface area (Å²) in [5.74, 6) is -0.756. The van der Waals surface area contributed by atoms with E-state index < -0.39 is 16.4 Å². The van der Waals surface area contributed by atoms with E-state index in [1.54, 1.807) is 29.2 Å². The van der Waals surface area contributed by atoms with Crippen molar-refractivity contribution in [3.05, 3.63) is 62.6 Å². The molecule has 0 bridgehead atoms. The Kier molecular flexibility index (Phi) is 4.29. The predicted molar refractivity (Wildman–Crippen MR) is 89.7 cm³/mol. The molecule has 1 saturated heterocycles. The summed E-state index contributed by atoms with van der Waals surface area (Å²) < 4.78 is 0. The zero-order chi connectivity index (χ0) is 18.0. The van der Waals surface area contributed by atoms with Gasteiger partial charge in [-0.05, 0) is 24.6 Å². The van der Waals surface area contributed by atoms with E-state index in [0.29, 0.717) is 24.3 Å². The van der Waals surface area contributed by atoms with Crippen LogP contribution in [0.25, 0.3) is 0 Å². The second-order valence-corrected chi connectivity index (χ2v) is 5.51. The molecule has 0 aliphatic carbocycles. The normalized spacial score (nSPS) is 13.8. The van der Waals surface area contributed by atoms with Crippen molar-refractivity contribution in [2.45, 2.75) is 12.8 Å². The van der Waals surface area contributed by atoms with Gasteiger partial charge in [0.2, 0.25) is 5.91 Å². The maximum atomic E-state index is 12.3. The summed E-state index contributed by atoms with van der Waals surface area (Å²) in [6.07, 6.45) is 2.19. The lowest BCUT2D eigenvalue weighted by molar-refractivity contribution is -0.385. The first-order valence-electron chi connectivity index (χ1n) is 7.54. The van der Waals surface area contributed by atoms with Gasteiger partial charge in [-0.3, -0.25) is 24.5 Å². The quantitative estimate of drug-likeness (QED) is 0.645. The van der Waals surface area contributed by atoms with Crippen LogP contribution in [0.5, 0.6) is 0 Å². The Labute approximate surface area is 141 Å². The number of amides is 2. The number of nitrogens with one attached hydrogen (secondary N) is 2. The summed E-state index contributed by atoms with van der Waals surface area (Å²) >= 11 is 0. The third-order valence-corrected chi connectivity index (χ3v) is 3.83. The number of hydrogen-bond donors (Lipinski definition) is 2. The molecule has 1 aliphatic heterocycles. The standard InChI is InChI=1S/C16H14N4O5/c21-14-5-2-6-19(14)11-4-1-3-10(7-11)18-16(23)13-8-12(20(24)25)9-17-15(13)22/h1,3-4,7-9H,2,5-6H2,(H,17,22)(H,18,23). The molecule has 9 heteroatoms. The van der Waals surface area contributed by atoms with Crippen molar-refractivity contribution in [3.63, 3.8) is 0 Å². The van der Waals surface area contributed by atoms with Crippen LogP contribution in [-0.4, -0.2) is 28.3 Å². The highest BCUT2D eigenvalue weighted by molar-refractivity contribution is 6.05. The minimum absolute atomic E-state index is 0.0126. The molecule has 2 N–H and O–H groups in total. The lowest BCUT2D eigenvalue weighted by Crippen LogP contribution is -2.25. The summed E-state index contributed by atoms with van der Waals surface area (Å²) in [6.45, 7) is 0.612. The van der Waals surface area contributed by atoms with Crippen LogP contribution in [-0.2, 0) is 4.79 Å². The zero-order valence-electron chi connectivity index (χ0n) is 13.0. The Morgan fingerprint density at radius 2 is 2.08 bits per heavy atom. The van der Waals surface area contributed by atoms with Crippen LogP contribution < -0.4 is 15.8 Å². The zero-order valence-corrected chi connectivity index (χ0v) is 13.0. The fourth-order valence-corrected chi connectivity index (χ4v) is 2.62. The lowest BCUT2D eigenvalue weighted by atomic mass is 10.2. The van der Waals surface area contributed by atoms with E-state index in [9.17, 15) is 24.5 Å². The van der Waals surface area contributed by atoms with Crippen LogP contribution >= 0.6 is 0 Å². The Bertz CT molecular complexity index is 921. The summed E-state index contributed by atoms with van der Waals surface area (Å²) in [6, 6.07) is 7.56. The van der Waals surface area contributed by atoms with Crippen LogP contribution in [0.15, 0.2) is 41.3 Å². The molecule has 0 spiro atoms. The van der Waals surface area contributed by atoms with Crippen molar-refractivity contribution in [2.24, 2.45) is 0 Å². The monoisotopic (exact) mass is 342 g/mol. The van der Waals surface area contributed by atoms with Gasteiger partial charge >= 0.3 is 0 Å². The Morgan fingerprint density at radius 1 is 1.28 bits per heavy atom. The number of hydrogen-bond acceptors (Lipinski definition) is 5. The number of pyridine rings is 1. The van der Waals surface area contributed by atoms with Gasteiger partial charge in [-0.2, -0.15) is 0 Å². The number of aromatic nitrogens is 1. The van der Waals surface area contributed by atoms with Gasteiger partial charge in [0.15, 0.2) is 0 Å². The summed E-state index contributed by atoms with van der Waals surface area (Å²) in [7, 11) is 0. The van der Waals surface area contributed by atoms with E-state index in [1.807, 2.05) is 0 Å². The second kappa shape index (κ2) is 6.56. The largest absolute Gasteiger partial charge is 0.322 e. The third-order valence-electron chi connectivity index (χ3n) is 3.83. The fourth-order valence-electron chi connectivity index (χ4n) is 2.62. The van der Waals surface area contributed by atoms with E-state index >= 15 is 0 Å². The number of anilines is 2. The van der Waals surface area contributed by atoms with Crippen molar-refractivity contribution in [1.82, 2.24) is 4.98 Å². The first-order chi connectivity index (χ1) is 12.0. The summed E-state index contributed by atoms with van der Waals surface area (Å²) in [5, 5.41) is 13.3. The number of carbonyl (C=O) groups excluding carboxylic acids is 2. The summed E-state index contributed by atoms with van der Waals surface area (Å²) in [5.41, 5.74) is -0.451. The van der Waals surface area contributed by atoms with Crippen LogP contribution in [0, 0.1) is 10.1 Å². The molecule has 1 aromatic heterocycles. The molecule has 1 aromatic carbocycles. The lowest BCUT2D eigenvalue weighted by Gasteiger charge is -2.16. The Hall–Kier alpha value is -3.49. The molecule has 1 aliphatic rings. The van der Waals surface area contributed by atoms with Gasteiger partial charge in [0.05, 0.1) is 11.1 Å². The molecule has 3 rings (SSSR count). The second-order valence-electron chi connectivity index (χ2n) is 5.51. The highest BCUT2D eigenvalue weighted by Crippen LogP contribution is 2.24. The third kappa shape index (κ3) is 3.39. The molecule has 2 heterocycles. The maximum absolute atomic E-state index is 12.3. The molecule has 0 unspecified atom stereocenters. The van der Waals surface area contributed by atoms with E-state index in [1.165, 1.54) is 0 Å². The predicted octanol–water partition coefficient (Wildman–Crippen LogP) is 1.66. The molecule has 0 atom stereocenters. The van der Waals surface area contributed by atoms with Crippen molar-refractivity contribution in [2.75, 3.05) is 16.8 Å². The van der Waals surface area contributed by atoms with Gasteiger partial charge in [-0.1, -0.05) is 6.07 Å². The Balaban J connectivity index is 1.84. The van der Waals surface area contributed by atoms with Crippen molar-refractivity contribution >= 4 is 28.9 Å². The minimum atomic E-state index is -0.769. The SMILES string of the molecule is O=C(Nc1cccc(N2CCCC2=O)c1)c1cc([N+](=O)[O-])c[nH]c1=O. The molecule has 0 radical (unpaired) electrons. The number of benzene rings is 1. The molecular formula is C16H14N4O5. The van der Waals surface area contributed by atoms with Crippen LogP contribution in [0.1, 0.15) is 23.2 Å². The average Bonchev–Trinajstić information content (AvgIpc) is 3.01. The van der Waals surface area contributed by atoms with E-state index in [-0.39, 0.29) is 17.2 Å². The van der Waals surface area contributed by atoms with Crippen molar-refractivity contribution < 1.29 is 14.5 Å². The number of rotatable bonds is 4. The average molecular weight is 342 g/mol. The molecule has 1 fully saturated rings. The highest BCUT2D eigenvalue weighted by atomic mass is 16.6. The molecule has 25 heavy (non-hydrogen) atoms. The minimum Gasteiger partial charge on any atom is -0.322 e. The van der Waals surface area contributed by atoms with E-state index in [4.69, 9.17) is 0 Å². The van der Waals surface area contributed by atoms with E-state index in [0.717, 1.165) is 18.7 Å². The van der Waals surface area contributed by atoms with Crippen molar-refractivity contribution in [1.29, 1.82) is 0 Å². The number of aromatic amines is 1. The topological polar surface area (TPSA) is 125 Å². The van der Waals surface area contributed by atoms with Gasteiger partial charge < -0.3 is 15.2 Å². The van der Waals surface area contributed by atoms with Gasteiger partial charge in [0, 0.05) is 30.4 Å². The fraction of sp³-hybridized carbons (Fsp3) is 0.188. The Morgan fingerprint density at radius 3 is 2.76 bits per heavy atom. The van der Waals surface area contributed by atoms with Crippen LogP contribution in [0.2, 0.25) is 0 Å². The highest BCUT2D eigenvalue weighted by Gasteiger charge is 2.22. The smallest absolute Gasteiger partial charge is 0.286 e. The molecular weight excluding hydrogens is 328 g/mol. The van der Waals surface area contributed by atoms with Crippen LogP contribution in [0.3, 0.4) is 0 Å². The first-order valence-corrected chi connectivity index (χ1v) is 7.54. The molecule has 9 nitrogen and oxygen atoms in total. The first kappa shape index (κ1) is 16.4. The molecule has 128 valence electrons. The van der Waals surface area contributed by atoms with Crippen LogP contribution in [0.4, 0.5) is 17.1 Å². The number of carbonyl (C=O) groups is 2. The molecule has 2 aromatic rings. The molecule has 2 amide bonds. The van der Waals surface area contributed by atoms with Gasteiger partial charge in [0.1, 0.15) is 5.56 Å².